The molecule has 0 saturated heterocycles. The molecule has 0 aromatic rings. The van der Waals surface area contributed by atoms with Crippen LogP contribution < -0.4 is 0 Å². The van der Waals surface area contributed by atoms with Crippen LogP contribution in [-0.2, 0) is 19.1 Å². The Balaban J connectivity index is 2.39. The molecule has 0 bridgehead atoms. The Kier molecular flexibility index (Phi) is 7.68. The van der Waals surface area contributed by atoms with Gasteiger partial charge in [-0.1, -0.05) is 19.4 Å². The summed E-state index contributed by atoms with van der Waals surface area (Å²) in [4.78, 5) is 25.6. The first-order valence-corrected chi connectivity index (χ1v) is 10.9. The highest BCUT2D eigenvalue weighted by molar-refractivity contribution is 5.93. The van der Waals surface area contributed by atoms with Crippen molar-refractivity contribution in [3.63, 3.8) is 0 Å². The molecule has 29 heavy (non-hydrogen) atoms. The molecule has 2 N–H and O–H groups in total. The molecule has 1 saturated carbocycles. The summed E-state index contributed by atoms with van der Waals surface area (Å²) in [6.07, 6.45) is 1.34. The fourth-order valence-corrected chi connectivity index (χ4v) is 5.01. The van der Waals surface area contributed by atoms with Crippen LogP contribution in [0, 0.1) is 11.3 Å². The number of allylic oxidation sites excluding steroid dienone is 1. The van der Waals surface area contributed by atoms with Gasteiger partial charge in [-0.2, -0.15) is 0 Å². The van der Waals surface area contributed by atoms with Crippen molar-refractivity contribution in [1.82, 2.24) is 0 Å². The maximum Gasteiger partial charge on any atom is 0.303 e. The lowest BCUT2D eigenvalue weighted by molar-refractivity contribution is -0.163. The minimum atomic E-state index is -1.08. The van der Waals surface area contributed by atoms with Gasteiger partial charge in [0.05, 0.1) is 23.2 Å². The molecule has 0 aromatic heterocycles. The monoisotopic (exact) mass is 410 g/mol. The van der Waals surface area contributed by atoms with Crippen LogP contribution in [0.3, 0.4) is 0 Å². The van der Waals surface area contributed by atoms with Gasteiger partial charge in [0.2, 0.25) is 0 Å². The van der Waals surface area contributed by atoms with Crippen LogP contribution >= 0.6 is 0 Å². The van der Waals surface area contributed by atoms with Gasteiger partial charge in [-0.25, -0.2) is 0 Å². The highest BCUT2D eigenvalue weighted by atomic mass is 16.5. The summed E-state index contributed by atoms with van der Waals surface area (Å²) in [5.41, 5.74) is -0.278. The predicted octanol–water partition coefficient (Wildman–Crippen LogP) is 3.33. The fraction of sp³-hybridized carbons (Fsp3) is 0.826. The van der Waals surface area contributed by atoms with Crippen LogP contribution in [-0.4, -0.2) is 52.5 Å². The Labute approximate surface area is 174 Å². The van der Waals surface area contributed by atoms with Gasteiger partial charge in [-0.05, 0) is 58.4 Å². The van der Waals surface area contributed by atoms with Gasteiger partial charge in [-0.15, -0.1) is 0 Å². The van der Waals surface area contributed by atoms with E-state index in [1.54, 1.807) is 6.92 Å². The third-order valence-corrected chi connectivity index (χ3v) is 7.29. The summed E-state index contributed by atoms with van der Waals surface area (Å²) >= 11 is 0. The second kappa shape index (κ2) is 9.27. The molecule has 6 atom stereocenters. The predicted molar refractivity (Wildman–Crippen MR) is 110 cm³/mol. The lowest BCUT2D eigenvalue weighted by Crippen LogP contribution is -2.53. The van der Waals surface area contributed by atoms with E-state index in [4.69, 9.17) is 9.47 Å². The molecule has 6 nitrogen and oxygen atoms in total. The zero-order chi connectivity index (χ0) is 22.0. The number of ether oxygens (including phenoxy) is 2. The minimum Gasteiger partial charge on any atom is -0.450 e. The summed E-state index contributed by atoms with van der Waals surface area (Å²) in [5, 5.41) is 21.9. The van der Waals surface area contributed by atoms with E-state index in [0.29, 0.717) is 50.7 Å². The van der Waals surface area contributed by atoms with E-state index in [9.17, 15) is 19.8 Å². The van der Waals surface area contributed by atoms with Crippen molar-refractivity contribution in [1.29, 1.82) is 0 Å². The van der Waals surface area contributed by atoms with Gasteiger partial charge < -0.3 is 19.7 Å². The third-order valence-electron chi connectivity index (χ3n) is 7.29. The van der Waals surface area contributed by atoms with Crippen molar-refractivity contribution < 1.29 is 29.3 Å². The Hall–Kier alpha value is -1.24. The number of Topliss-reactive ketones (excluding diaryl/α,β-unsaturated/α-hetero) is 1. The van der Waals surface area contributed by atoms with Crippen LogP contribution in [0.1, 0.15) is 80.1 Å². The summed E-state index contributed by atoms with van der Waals surface area (Å²) in [6, 6.07) is 0. The van der Waals surface area contributed by atoms with E-state index in [2.05, 4.69) is 0 Å². The van der Waals surface area contributed by atoms with E-state index in [1.807, 2.05) is 27.7 Å². The topological polar surface area (TPSA) is 93.1 Å². The molecule has 0 aliphatic heterocycles. The van der Waals surface area contributed by atoms with Crippen molar-refractivity contribution in [2.24, 2.45) is 11.3 Å². The number of rotatable bonds is 7. The van der Waals surface area contributed by atoms with Crippen molar-refractivity contribution in [3.8, 4) is 0 Å². The molecule has 6 heteroatoms. The van der Waals surface area contributed by atoms with Crippen molar-refractivity contribution >= 4 is 11.8 Å². The maximum absolute atomic E-state index is 13.7. The van der Waals surface area contributed by atoms with Gasteiger partial charge in [0.1, 0.15) is 0 Å². The van der Waals surface area contributed by atoms with E-state index < -0.39 is 29.2 Å². The normalized spacial score (nSPS) is 36.6. The molecule has 1 fully saturated rings. The lowest BCUT2D eigenvalue weighted by Gasteiger charge is -2.45. The van der Waals surface area contributed by atoms with Crippen molar-refractivity contribution in [2.45, 2.75) is 104 Å². The van der Waals surface area contributed by atoms with Crippen LogP contribution in [0.25, 0.3) is 0 Å². The van der Waals surface area contributed by atoms with Gasteiger partial charge in [0.25, 0.3) is 0 Å². The Morgan fingerprint density at radius 3 is 2.45 bits per heavy atom. The van der Waals surface area contributed by atoms with Gasteiger partial charge >= 0.3 is 5.97 Å². The van der Waals surface area contributed by atoms with E-state index in [0.717, 1.165) is 5.57 Å². The van der Waals surface area contributed by atoms with Crippen molar-refractivity contribution in [2.75, 3.05) is 6.61 Å². The zero-order valence-electron chi connectivity index (χ0n) is 18.8. The van der Waals surface area contributed by atoms with E-state index >= 15 is 0 Å². The van der Waals surface area contributed by atoms with Gasteiger partial charge in [0, 0.05) is 25.9 Å². The first kappa shape index (κ1) is 24.0. The van der Waals surface area contributed by atoms with Crippen molar-refractivity contribution in [3.05, 3.63) is 11.1 Å². The van der Waals surface area contributed by atoms with Crippen LogP contribution in [0.4, 0.5) is 0 Å². The molecule has 0 spiro atoms. The number of carbonyl (C=O) groups excluding carboxylic acids is 2. The number of ketones is 1. The number of hydrogen-bond acceptors (Lipinski definition) is 6. The fourth-order valence-electron chi connectivity index (χ4n) is 5.01. The molecule has 0 unspecified atom stereocenters. The summed E-state index contributed by atoms with van der Waals surface area (Å²) in [6.45, 7) is 11.3. The molecular weight excluding hydrogens is 372 g/mol. The molecule has 2 aliphatic rings. The molecule has 0 aromatic carbocycles. The molecule has 0 amide bonds. The highest BCUT2D eigenvalue weighted by Gasteiger charge is 2.51. The third kappa shape index (κ3) is 4.75. The molecule has 2 rings (SSSR count). The number of hydrogen-bond donors (Lipinski definition) is 2. The SMILES string of the molecule is CCO[C@H]1CC[C@](C)(C(=O)[C@H](OC(C)=O)C2=C(C)CC[C@@](O)(CC)[C@@H]2C)[C@@H](O)C1. The van der Waals surface area contributed by atoms with Gasteiger partial charge in [0.15, 0.2) is 11.9 Å². The summed E-state index contributed by atoms with van der Waals surface area (Å²) in [5.74, 6) is -1.13. The maximum atomic E-state index is 13.7. The average molecular weight is 411 g/mol. The first-order valence-electron chi connectivity index (χ1n) is 10.9. The van der Waals surface area contributed by atoms with Crippen LogP contribution in [0.5, 0.6) is 0 Å². The number of aliphatic hydroxyl groups is 2. The quantitative estimate of drug-likeness (QED) is 0.494. The molecule has 2 aliphatic carbocycles. The second-order valence-corrected chi connectivity index (χ2v) is 9.05. The van der Waals surface area contributed by atoms with Crippen LogP contribution in [0.15, 0.2) is 11.1 Å². The standard InChI is InChI=1S/C23H38O6/c1-7-23(27)12-9-14(3)19(15(23)4)20(29-16(5)24)21(26)22(6)11-10-17(28-8-2)13-18(22)25/h15,17-18,20,25,27H,7-13H2,1-6H3/t15-,17+,18+,20-,22+,23+/m1/s1. The molecule has 166 valence electrons. The zero-order valence-corrected chi connectivity index (χ0v) is 18.8. The molecular formula is C23H38O6. The average Bonchev–Trinajstić information content (AvgIpc) is 2.66. The summed E-state index contributed by atoms with van der Waals surface area (Å²) in [7, 11) is 0. The smallest absolute Gasteiger partial charge is 0.303 e. The summed E-state index contributed by atoms with van der Waals surface area (Å²) < 4.78 is 11.2. The molecule has 0 heterocycles. The highest BCUT2D eigenvalue weighted by Crippen LogP contribution is 2.45. The number of aliphatic hydroxyl groups excluding tert-OH is 1. The van der Waals surface area contributed by atoms with Crippen LogP contribution in [0.2, 0.25) is 0 Å². The number of esters is 1. The van der Waals surface area contributed by atoms with E-state index in [1.165, 1.54) is 6.92 Å². The second-order valence-electron chi connectivity index (χ2n) is 9.05. The Morgan fingerprint density at radius 2 is 1.93 bits per heavy atom. The minimum absolute atomic E-state index is 0.0669. The van der Waals surface area contributed by atoms with Gasteiger partial charge in [-0.3, -0.25) is 9.59 Å². The Morgan fingerprint density at radius 1 is 1.28 bits per heavy atom. The number of carbonyl (C=O) groups is 2. The van der Waals surface area contributed by atoms with E-state index in [-0.39, 0.29) is 17.8 Å². The largest absolute Gasteiger partial charge is 0.450 e. The lowest BCUT2D eigenvalue weighted by atomic mass is 9.64. The first-order chi connectivity index (χ1) is 13.5. The molecule has 0 radical (unpaired) electrons. The Bertz CT molecular complexity index is 656.